The molecule has 114 valence electrons. The van der Waals surface area contributed by atoms with Crippen LogP contribution in [0.2, 0.25) is 0 Å². The summed E-state index contributed by atoms with van der Waals surface area (Å²) in [4.78, 5) is 12.6. The first-order valence-electron chi connectivity index (χ1n) is 8.07. The van der Waals surface area contributed by atoms with Gasteiger partial charge in [-0.15, -0.1) is 0 Å². The van der Waals surface area contributed by atoms with E-state index in [1.54, 1.807) is 4.90 Å². The van der Waals surface area contributed by atoms with Gasteiger partial charge < -0.3 is 10.0 Å². The predicted molar refractivity (Wildman–Crippen MR) is 83.8 cm³/mol. The lowest BCUT2D eigenvalue weighted by atomic mass is 9.56. The van der Waals surface area contributed by atoms with Gasteiger partial charge in [-0.3, -0.25) is 0 Å². The van der Waals surface area contributed by atoms with Crippen LogP contribution >= 0.6 is 0 Å². The summed E-state index contributed by atoms with van der Waals surface area (Å²) in [7, 11) is 0. The number of amides is 1. The largest absolute Gasteiger partial charge is 0.465 e. The molecule has 21 heavy (non-hydrogen) atoms. The molecule has 2 fully saturated rings. The Labute approximate surface area is 127 Å². The number of hydrogen-bond donors (Lipinski definition) is 1. The van der Waals surface area contributed by atoms with Crippen LogP contribution in [0, 0.1) is 5.41 Å². The van der Waals surface area contributed by atoms with Crippen LogP contribution in [0.1, 0.15) is 62.5 Å². The second-order valence-corrected chi connectivity index (χ2v) is 7.20. The molecule has 1 aliphatic heterocycles. The Morgan fingerprint density at radius 3 is 2.52 bits per heavy atom. The summed E-state index contributed by atoms with van der Waals surface area (Å²) in [6.07, 6.45) is 3.80. The first kappa shape index (κ1) is 14.4. The minimum Gasteiger partial charge on any atom is -0.465 e. The molecule has 0 unspecified atom stereocenters. The maximum atomic E-state index is 11.0. The van der Waals surface area contributed by atoms with Crippen molar-refractivity contribution in [3.63, 3.8) is 0 Å². The fourth-order valence-electron chi connectivity index (χ4n) is 3.97. The van der Waals surface area contributed by atoms with E-state index in [1.807, 2.05) is 0 Å². The van der Waals surface area contributed by atoms with Crippen molar-refractivity contribution in [3.05, 3.63) is 35.4 Å². The van der Waals surface area contributed by atoms with Crippen molar-refractivity contribution in [2.75, 3.05) is 13.1 Å². The second kappa shape index (κ2) is 5.36. The van der Waals surface area contributed by atoms with E-state index in [0.29, 0.717) is 30.3 Å². The van der Waals surface area contributed by atoms with Crippen LogP contribution < -0.4 is 0 Å². The third-order valence-electron chi connectivity index (χ3n) is 5.50. The van der Waals surface area contributed by atoms with Crippen LogP contribution in [-0.2, 0) is 0 Å². The number of benzene rings is 1. The molecule has 2 aliphatic rings. The molecule has 1 N–H and O–H groups in total. The van der Waals surface area contributed by atoms with E-state index in [1.165, 1.54) is 24.0 Å². The lowest BCUT2D eigenvalue weighted by Crippen LogP contribution is -2.47. The van der Waals surface area contributed by atoms with Gasteiger partial charge in [0.2, 0.25) is 0 Å². The summed E-state index contributed by atoms with van der Waals surface area (Å²) in [5.74, 6) is 1.26. The highest BCUT2D eigenvalue weighted by atomic mass is 16.4. The average molecular weight is 287 g/mol. The first-order valence-corrected chi connectivity index (χ1v) is 8.07. The predicted octanol–water partition coefficient (Wildman–Crippen LogP) is 4.45. The third kappa shape index (κ3) is 2.78. The molecule has 1 saturated heterocycles. The highest BCUT2D eigenvalue weighted by Crippen LogP contribution is 2.56. The summed E-state index contributed by atoms with van der Waals surface area (Å²) >= 11 is 0. The van der Waals surface area contributed by atoms with Crippen LogP contribution in [0.3, 0.4) is 0 Å². The van der Waals surface area contributed by atoms with Crippen LogP contribution in [0.25, 0.3) is 0 Å². The Hall–Kier alpha value is -1.51. The fraction of sp³-hybridized carbons (Fsp3) is 0.611. The topological polar surface area (TPSA) is 40.5 Å². The molecule has 0 aromatic heterocycles. The standard InChI is InChI=1S/C18H25NO2/c1-13(2)14-4-3-5-15(10-14)16-11-18(12-16)6-8-19(9-7-18)17(20)21/h3-5,10,13,16H,6-9,11-12H2,1-2H3,(H,20,21). The van der Waals surface area contributed by atoms with E-state index < -0.39 is 6.09 Å². The highest BCUT2D eigenvalue weighted by Gasteiger charge is 2.46. The fourth-order valence-corrected chi connectivity index (χ4v) is 3.97. The molecule has 0 radical (unpaired) electrons. The second-order valence-electron chi connectivity index (χ2n) is 7.20. The molecule has 1 spiro atoms. The SMILES string of the molecule is CC(C)c1cccc(C2CC3(CCN(C(=O)O)CC3)C2)c1. The van der Waals surface area contributed by atoms with E-state index >= 15 is 0 Å². The lowest BCUT2D eigenvalue weighted by molar-refractivity contribution is 0.0189. The van der Waals surface area contributed by atoms with Gasteiger partial charge in [0.05, 0.1) is 0 Å². The zero-order valence-corrected chi connectivity index (χ0v) is 13.0. The maximum absolute atomic E-state index is 11.0. The van der Waals surface area contributed by atoms with Crippen molar-refractivity contribution in [2.24, 2.45) is 5.41 Å². The van der Waals surface area contributed by atoms with Gasteiger partial charge in [-0.25, -0.2) is 4.79 Å². The molecule has 3 rings (SSSR count). The molecular formula is C18H25NO2. The maximum Gasteiger partial charge on any atom is 0.407 e. The Balaban J connectivity index is 1.61. The van der Waals surface area contributed by atoms with Gasteiger partial charge in [-0.05, 0) is 54.1 Å². The smallest absolute Gasteiger partial charge is 0.407 e. The summed E-state index contributed by atoms with van der Waals surface area (Å²) in [5, 5.41) is 9.04. The van der Waals surface area contributed by atoms with Gasteiger partial charge in [0.25, 0.3) is 0 Å². The molecule has 3 nitrogen and oxygen atoms in total. The van der Waals surface area contributed by atoms with Crippen molar-refractivity contribution in [2.45, 2.75) is 51.4 Å². The molecule has 1 amide bonds. The molecule has 3 heteroatoms. The van der Waals surface area contributed by atoms with Gasteiger partial charge in [0.15, 0.2) is 0 Å². The Morgan fingerprint density at radius 2 is 1.95 bits per heavy atom. The molecular weight excluding hydrogens is 262 g/mol. The van der Waals surface area contributed by atoms with Crippen molar-refractivity contribution < 1.29 is 9.90 Å². The van der Waals surface area contributed by atoms with Crippen LogP contribution in [0.4, 0.5) is 4.79 Å². The minimum absolute atomic E-state index is 0.421. The van der Waals surface area contributed by atoms with Crippen molar-refractivity contribution in [3.8, 4) is 0 Å². The molecule has 1 aromatic rings. The highest BCUT2D eigenvalue weighted by molar-refractivity contribution is 5.65. The van der Waals surface area contributed by atoms with E-state index in [-0.39, 0.29) is 0 Å². The average Bonchev–Trinajstić information content (AvgIpc) is 2.45. The Kier molecular flexibility index (Phi) is 3.68. The van der Waals surface area contributed by atoms with E-state index in [2.05, 4.69) is 38.1 Å². The molecule has 1 aliphatic carbocycles. The van der Waals surface area contributed by atoms with Crippen LogP contribution in [-0.4, -0.2) is 29.2 Å². The van der Waals surface area contributed by atoms with E-state index in [4.69, 9.17) is 5.11 Å². The van der Waals surface area contributed by atoms with E-state index in [0.717, 1.165) is 12.8 Å². The van der Waals surface area contributed by atoms with Gasteiger partial charge in [0, 0.05) is 13.1 Å². The first-order chi connectivity index (χ1) is 9.99. The van der Waals surface area contributed by atoms with Gasteiger partial charge >= 0.3 is 6.09 Å². The molecule has 1 heterocycles. The molecule has 0 bridgehead atoms. The third-order valence-corrected chi connectivity index (χ3v) is 5.50. The zero-order chi connectivity index (χ0) is 15.0. The number of piperidine rings is 1. The summed E-state index contributed by atoms with van der Waals surface area (Å²) in [6, 6.07) is 9.03. The van der Waals surface area contributed by atoms with Crippen molar-refractivity contribution in [1.29, 1.82) is 0 Å². The normalized spacial score (nSPS) is 21.6. The Morgan fingerprint density at radius 1 is 1.29 bits per heavy atom. The number of carboxylic acid groups (broad SMARTS) is 1. The number of nitrogens with zero attached hydrogens (tertiary/aromatic N) is 1. The lowest BCUT2D eigenvalue weighted by Gasteiger charge is -2.52. The van der Waals surface area contributed by atoms with Gasteiger partial charge in [0.1, 0.15) is 0 Å². The Bertz CT molecular complexity index is 522. The number of likely N-dealkylation sites (tertiary alicyclic amines) is 1. The number of hydrogen-bond acceptors (Lipinski definition) is 1. The van der Waals surface area contributed by atoms with Crippen molar-refractivity contribution in [1.82, 2.24) is 4.90 Å². The zero-order valence-electron chi connectivity index (χ0n) is 13.0. The number of rotatable bonds is 2. The summed E-state index contributed by atoms with van der Waals surface area (Å²) in [6.45, 7) is 5.91. The van der Waals surface area contributed by atoms with Gasteiger partial charge in [-0.2, -0.15) is 0 Å². The van der Waals surface area contributed by atoms with Crippen LogP contribution in [0.5, 0.6) is 0 Å². The number of carbonyl (C=O) groups is 1. The molecule has 0 atom stereocenters. The monoisotopic (exact) mass is 287 g/mol. The minimum atomic E-state index is -0.759. The van der Waals surface area contributed by atoms with Gasteiger partial charge in [-0.1, -0.05) is 38.1 Å². The molecule has 1 aromatic carbocycles. The van der Waals surface area contributed by atoms with Crippen molar-refractivity contribution >= 4 is 6.09 Å². The summed E-state index contributed by atoms with van der Waals surface area (Å²) in [5.41, 5.74) is 3.33. The van der Waals surface area contributed by atoms with E-state index in [9.17, 15) is 4.79 Å². The van der Waals surface area contributed by atoms with Crippen LogP contribution in [0.15, 0.2) is 24.3 Å². The summed E-state index contributed by atoms with van der Waals surface area (Å²) < 4.78 is 0. The molecule has 1 saturated carbocycles. The quantitative estimate of drug-likeness (QED) is 0.873.